The molecule has 0 spiro atoms. The molecule has 9 heavy (non-hydrogen) atoms. The van der Waals surface area contributed by atoms with Gasteiger partial charge in [0.05, 0.1) is 0 Å². The van der Waals surface area contributed by atoms with Crippen LogP contribution in [0.2, 0.25) is 0 Å². The van der Waals surface area contributed by atoms with Crippen LogP contribution in [0.3, 0.4) is 0 Å². The molecular weight excluding hydrogens is 152 g/mol. The van der Waals surface area contributed by atoms with Crippen LogP contribution in [0, 0.1) is 6.42 Å². The monoisotopic (exact) mass is 159 g/mol. The summed E-state index contributed by atoms with van der Waals surface area (Å²) >= 11 is -2.00. The molecule has 48 valence electrons. The second-order valence-electron chi connectivity index (χ2n) is 1.37. The van der Waals surface area contributed by atoms with E-state index in [0.717, 1.165) is 6.42 Å². The van der Waals surface area contributed by atoms with Crippen molar-refractivity contribution in [1.82, 2.24) is 0 Å². The normalized spacial score (nSPS) is 12.4. The van der Waals surface area contributed by atoms with Gasteiger partial charge in [-0.1, -0.05) is 6.42 Å². The van der Waals surface area contributed by atoms with E-state index in [-0.39, 0.29) is 0 Å². The maximum absolute atomic E-state index is 8.50. The molecule has 0 radical (unpaired) electrons. The second-order valence-corrected chi connectivity index (χ2v) is 1.63. The Labute approximate surface area is 63.2 Å². The number of rotatable bonds is 0. The van der Waals surface area contributed by atoms with Crippen LogP contribution in [-0.4, -0.2) is 0 Å². The van der Waals surface area contributed by atoms with Crippen molar-refractivity contribution in [2.75, 3.05) is 0 Å². The Morgan fingerprint density at radius 1 is 1.33 bits per heavy atom. The Hall–Kier alpha value is -0.336. The molecule has 0 amide bonds. The summed E-state index contributed by atoms with van der Waals surface area (Å²) in [6.07, 6.45) is 11.5. The molecule has 1 aliphatic carbocycles. The molecule has 3 heteroatoms. The Kier molecular flexibility index (Phi) is 7.38. The van der Waals surface area contributed by atoms with Crippen LogP contribution in [0.15, 0.2) is 24.3 Å². The standard InChI is InChI=1S/C6H7.2O.Ti/c1-2-4-6-5-3-1;;;/h1-5H,6H2;;;/q-1;;;. The predicted octanol–water partition coefficient (Wildman–Crippen LogP) is 1.47. The van der Waals surface area contributed by atoms with E-state index in [9.17, 15) is 0 Å². The molecule has 0 aliphatic heterocycles. The van der Waals surface area contributed by atoms with Gasteiger partial charge in [0.25, 0.3) is 0 Å². The Bertz CT molecular complexity index is 131. The predicted molar refractivity (Wildman–Crippen MR) is 28.6 cm³/mol. The summed E-state index contributed by atoms with van der Waals surface area (Å²) in [4.78, 5) is 0. The summed E-state index contributed by atoms with van der Waals surface area (Å²) in [6.45, 7) is 0. The van der Waals surface area contributed by atoms with Crippen molar-refractivity contribution in [3.63, 3.8) is 0 Å². The van der Waals surface area contributed by atoms with Crippen molar-refractivity contribution in [2.24, 2.45) is 0 Å². The second kappa shape index (κ2) is 7.66. The first-order chi connectivity index (χ1) is 4.41. The van der Waals surface area contributed by atoms with Crippen LogP contribution < -0.4 is 0 Å². The number of hydrogen-bond acceptors (Lipinski definition) is 2. The van der Waals surface area contributed by atoms with Crippen LogP contribution in [0.1, 0.15) is 6.42 Å². The fourth-order valence-electron chi connectivity index (χ4n) is 0.457. The van der Waals surface area contributed by atoms with Gasteiger partial charge in [-0.2, -0.15) is 0 Å². The van der Waals surface area contributed by atoms with Crippen molar-refractivity contribution < 1.29 is 25.7 Å². The first-order valence-corrected chi connectivity index (χ1v) is 3.83. The molecule has 2 nitrogen and oxygen atoms in total. The molecule has 1 aliphatic rings. The quantitative estimate of drug-likeness (QED) is 0.396. The van der Waals surface area contributed by atoms with E-state index in [0.29, 0.717) is 0 Å². The Morgan fingerprint density at radius 3 is 2.11 bits per heavy atom. The molecular formula is C6H7O2Ti-. The zero-order chi connectivity index (χ0) is 6.95. The molecule has 0 aromatic rings. The number of hydrogen-bond donors (Lipinski definition) is 0. The zero-order valence-electron chi connectivity index (χ0n) is 4.91. The van der Waals surface area contributed by atoms with Gasteiger partial charge in [0.2, 0.25) is 0 Å². The average molecular weight is 159 g/mol. The van der Waals surface area contributed by atoms with Crippen molar-refractivity contribution in [3.05, 3.63) is 30.7 Å². The molecule has 0 saturated carbocycles. The van der Waals surface area contributed by atoms with Gasteiger partial charge >= 0.3 is 25.7 Å². The van der Waals surface area contributed by atoms with E-state index < -0.39 is 19.1 Å². The van der Waals surface area contributed by atoms with Gasteiger partial charge in [0.15, 0.2) is 0 Å². The van der Waals surface area contributed by atoms with E-state index in [1.165, 1.54) is 0 Å². The van der Waals surface area contributed by atoms with Crippen LogP contribution in [0.25, 0.3) is 0 Å². The third kappa shape index (κ3) is 7.66. The topological polar surface area (TPSA) is 34.1 Å². The van der Waals surface area contributed by atoms with Crippen molar-refractivity contribution in [3.8, 4) is 0 Å². The summed E-state index contributed by atoms with van der Waals surface area (Å²) < 4.78 is 17.0. The molecule has 0 aromatic carbocycles. The maximum atomic E-state index is 8.50. The van der Waals surface area contributed by atoms with Gasteiger partial charge in [0.1, 0.15) is 0 Å². The van der Waals surface area contributed by atoms with Gasteiger partial charge in [-0.05, 0) is 0 Å². The fraction of sp³-hybridized carbons (Fsp3) is 0.167. The molecule has 0 saturated heterocycles. The minimum atomic E-state index is -2.00. The van der Waals surface area contributed by atoms with E-state index in [2.05, 4.69) is 24.6 Å². The van der Waals surface area contributed by atoms with E-state index in [4.69, 9.17) is 6.65 Å². The first-order valence-electron chi connectivity index (χ1n) is 2.56. The van der Waals surface area contributed by atoms with Gasteiger partial charge in [-0.25, -0.2) is 18.6 Å². The van der Waals surface area contributed by atoms with Crippen LogP contribution in [-0.2, 0) is 25.7 Å². The van der Waals surface area contributed by atoms with E-state index in [1.54, 1.807) is 0 Å². The molecule has 0 bridgehead atoms. The molecule has 0 N–H and O–H groups in total. The number of allylic oxidation sites excluding steroid dienone is 4. The van der Waals surface area contributed by atoms with Crippen molar-refractivity contribution in [2.45, 2.75) is 6.42 Å². The van der Waals surface area contributed by atoms with E-state index in [1.807, 2.05) is 6.08 Å². The molecule has 0 aromatic heterocycles. The Balaban J connectivity index is 0.000000187. The molecule has 0 fully saturated rings. The first kappa shape index (κ1) is 8.66. The molecule has 0 atom stereocenters. The van der Waals surface area contributed by atoms with Gasteiger partial charge < -0.3 is 0 Å². The molecule has 0 unspecified atom stereocenters. The zero-order valence-corrected chi connectivity index (χ0v) is 6.47. The summed E-state index contributed by atoms with van der Waals surface area (Å²) in [5.41, 5.74) is 0. The summed E-state index contributed by atoms with van der Waals surface area (Å²) in [5.74, 6) is 0. The van der Waals surface area contributed by atoms with Crippen LogP contribution >= 0.6 is 0 Å². The van der Waals surface area contributed by atoms with Crippen LogP contribution in [0.4, 0.5) is 0 Å². The minimum absolute atomic E-state index is 1.11. The summed E-state index contributed by atoms with van der Waals surface area (Å²) in [5, 5.41) is 0. The van der Waals surface area contributed by atoms with Crippen molar-refractivity contribution >= 4 is 0 Å². The van der Waals surface area contributed by atoms with Crippen LogP contribution in [0.5, 0.6) is 0 Å². The third-order valence-corrected chi connectivity index (χ3v) is 0.767. The third-order valence-electron chi connectivity index (χ3n) is 0.767. The van der Waals surface area contributed by atoms with Crippen molar-refractivity contribution in [1.29, 1.82) is 0 Å². The van der Waals surface area contributed by atoms with Gasteiger partial charge in [-0.3, -0.25) is 0 Å². The molecule has 0 heterocycles. The Morgan fingerprint density at radius 2 is 2.00 bits per heavy atom. The summed E-state index contributed by atoms with van der Waals surface area (Å²) in [7, 11) is 0. The average Bonchev–Trinajstić information content (AvgIpc) is 1.93. The fourth-order valence-corrected chi connectivity index (χ4v) is 0.457. The SMILES string of the molecule is C1=C[CH-]CC=C1.[O]=[Ti]=[O]. The van der Waals surface area contributed by atoms with Gasteiger partial charge in [-0.15, -0.1) is 12.2 Å². The molecule has 1 rings (SSSR count). The van der Waals surface area contributed by atoms with E-state index >= 15 is 0 Å². The van der Waals surface area contributed by atoms with Gasteiger partial charge in [0, 0.05) is 0 Å². The summed E-state index contributed by atoms with van der Waals surface area (Å²) in [6, 6.07) is 0.